The van der Waals surface area contributed by atoms with Gasteiger partial charge in [0.15, 0.2) is 0 Å². The lowest BCUT2D eigenvalue weighted by Crippen LogP contribution is -2.44. The lowest BCUT2D eigenvalue weighted by atomic mass is 10.3. The van der Waals surface area contributed by atoms with E-state index in [-0.39, 0.29) is 6.61 Å². The van der Waals surface area contributed by atoms with E-state index in [0.29, 0.717) is 17.0 Å². The van der Waals surface area contributed by atoms with Gasteiger partial charge in [0.1, 0.15) is 0 Å². The van der Waals surface area contributed by atoms with Crippen molar-refractivity contribution in [2.24, 2.45) is 0 Å². The SMILES string of the molecule is CC1CN(CC(O)CO)CC(C)S1. The zero-order chi connectivity index (χ0) is 9.84. The molecular formula is C9H19NO2S. The monoisotopic (exact) mass is 205 g/mol. The van der Waals surface area contributed by atoms with Crippen LogP contribution in [0, 0.1) is 0 Å². The van der Waals surface area contributed by atoms with E-state index in [1.54, 1.807) is 0 Å². The van der Waals surface area contributed by atoms with E-state index in [1.807, 2.05) is 11.8 Å². The second-order valence-electron chi connectivity index (χ2n) is 3.81. The van der Waals surface area contributed by atoms with Gasteiger partial charge in [-0.25, -0.2) is 0 Å². The Bertz CT molecular complexity index is 147. The molecule has 0 aromatic rings. The summed E-state index contributed by atoms with van der Waals surface area (Å²) < 4.78 is 0. The predicted octanol–water partition coefficient (Wildman–Crippen LogP) is 0.165. The third kappa shape index (κ3) is 3.85. The van der Waals surface area contributed by atoms with Crippen molar-refractivity contribution in [1.82, 2.24) is 4.90 Å². The average Bonchev–Trinajstić information content (AvgIpc) is 2.02. The predicted molar refractivity (Wildman–Crippen MR) is 56.0 cm³/mol. The standard InChI is InChI=1S/C9H19NO2S/c1-7-3-10(4-8(2)13-7)5-9(12)6-11/h7-9,11-12H,3-6H2,1-2H3. The number of nitrogens with zero attached hydrogens (tertiary/aromatic N) is 1. The first-order chi connectivity index (χ1) is 6.11. The molecule has 0 saturated carbocycles. The van der Waals surface area contributed by atoms with Gasteiger partial charge in [-0.05, 0) is 0 Å². The smallest absolute Gasteiger partial charge is 0.0897 e. The molecule has 1 saturated heterocycles. The molecule has 0 aromatic carbocycles. The minimum atomic E-state index is -0.581. The van der Waals surface area contributed by atoms with Crippen LogP contribution in [0.2, 0.25) is 0 Å². The summed E-state index contributed by atoms with van der Waals surface area (Å²) in [6.45, 7) is 6.92. The molecule has 0 amide bonds. The van der Waals surface area contributed by atoms with E-state index >= 15 is 0 Å². The summed E-state index contributed by atoms with van der Waals surface area (Å²) in [5.41, 5.74) is 0. The van der Waals surface area contributed by atoms with Crippen LogP contribution in [-0.4, -0.2) is 58.0 Å². The highest BCUT2D eigenvalue weighted by Gasteiger charge is 2.23. The quantitative estimate of drug-likeness (QED) is 0.689. The van der Waals surface area contributed by atoms with Gasteiger partial charge in [0, 0.05) is 30.1 Å². The molecule has 0 bridgehead atoms. The largest absolute Gasteiger partial charge is 0.394 e. The lowest BCUT2D eigenvalue weighted by Gasteiger charge is -2.35. The molecule has 2 N–H and O–H groups in total. The van der Waals surface area contributed by atoms with Gasteiger partial charge in [0.25, 0.3) is 0 Å². The third-order valence-electron chi connectivity index (χ3n) is 2.17. The fourth-order valence-corrected chi connectivity index (χ4v) is 3.18. The second-order valence-corrected chi connectivity index (χ2v) is 5.69. The van der Waals surface area contributed by atoms with Gasteiger partial charge >= 0.3 is 0 Å². The minimum Gasteiger partial charge on any atom is -0.394 e. The number of hydrogen-bond donors (Lipinski definition) is 2. The van der Waals surface area contributed by atoms with Crippen LogP contribution >= 0.6 is 11.8 Å². The van der Waals surface area contributed by atoms with E-state index in [9.17, 15) is 5.11 Å². The van der Waals surface area contributed by atoms with Crippen LogP contribution in [0.4, 0.5) is 0 Å². The summed E-state index contributed by atoms with van der Waals surface area (Å²) in [6.07, 6.45) is -0.581. The molecule has 0 spiro atoms. The maximum absolute atomic E-state index is 9.28. The highest BCUT2D eigenvalue weighted by Crippen LogP contribution is 2.24. The molecule has 1 aliphatic heterocycles. The molecule has 3 nitrogen and oxygen atoms in total. The number of aliphatic hydroxyl groups is 2. The van der Waals surface area contributed by atoms with Gasteiger partial charge in [-0.3, -0.25) is 4.90 Å². The maximum atomic E-state index is 9.28. The van der Waals surface area contributed by atoms with Crippen LogP contribution in [0.3, 0.4) is 0 Å². The van der Waals surface area contributed by atoms with Crippen molar-refractivity contribution >= 4 is 11.8 Å². The molecule has 1 heterocycles. The Morgan fingerprint density at radius 1 is 1.38 bits per heavy atom. The molecule has 1 fully saturated rings. The Morgan fingerprint density at radius 2 is 1.92 bits per heavy atom. The van der Waals surface area contributed by atoms with E-state index in [2.05, 4.69) is 18.7 Å². The average molecular weight is 205 g/mol. The summed E-state index contributed by atoms with van der Waals surface area (Å²) in [7, 11) is 0. The second kappa shape index (κ2) is 5.20. The van der Waals surface area contributed by atoms with Crippen LogP contribution in [-0.2, 0) is 0 Å². The van der Waals surface area contributed by atoms with Crippen LogP contribution in [0.25, 0.3) is 0 Å². The minimum absolute atomic E-state index is 0.133. The van der Waals surface area contributed by atoms with Crippen LogP contribution in [0.15, 0.2) is 0 Å². The first-order valence-electron chi connectivity index (χ1n) is 4.78. The number of aliphatic hydroxyl groups excluding tert-OH is 2. The molecule has 4 heteroatoms. The van der Waals surface area contributed by atoms with Gasteiger partial charge < -0.3 is 10.2 Å². The number of rotatable bonds is 3. The van der Waals surface area contributed by atoms with Crippen molar-refractivity contribution in [3.05, 3.63) is 0 Å². The van der Waals surface area contributed by atoms with Crippen LogP contribution in [0.5, 0.6) is 0 Å². The molecule has 3 unspecified atom stereocenters. The Labute approximate surface area is 84.1 Å². The molecule has 0 radical (unpaired) electrons. The molecule has 13 heavy (non-hydrogen) atoms. The van der Waals surface area contributed by atoms with Gasteiger partial charge in [-0.2, -0.15) is 11.8 Å². The first-order valence-corrected chi connectivity index (χ1v) is 5.73. The Balaban J connectivity index is 2.32. The van der Waals surface area contributed by atoms with Gasteiger partial charge in [0.05, 0.1) is 12.7 Å². The van der Waals surface area contributed by atoms with Crippen molar-refractivity contribution < 1.29 is 10.2 Å². The van der Waals surface area contributed by atoms with Gasteiger partial charge in [-0.15, -0.1) is 0 Å². The Hall–Kier alpha value is 0.230. The highest BCUT2D eigenvalue weighted by molar-refractivity contribution is 8.00. The lowest BCUT2D eigenvalue weighted by molar-refractivity contribution is 0.0587. The van der Waals surface area contributed by atoms with Crippen molar-refractivity contribution in [2.45, 2.75) is 30.5 Å². The van der Waals surface area contributed by atoms with E-state index in [0.717, 1.165) is 13.1 Å². The number of β-amino-alcohol motifs (C(OH)–C–C–N with tert-alkyl or cyclic N) is 1. The fraction of sp³-hybridized carbons (Fsp3) is 1.00. The van der Waals surface area contributed by atoms with Crippen LogP contribution < -0.4 is 0 Å². The molecule has 1 aliphatic rings. The zero-order valence-corrected chi connectivity index (χ0v) is 9.13. The molecule has 3 atom stereocenters. The Morgan fingerprint density at radius 3 is 2.38 bits per heavy atom. The molecule has 0 aliphatic carbocycles. The topological polar surface area (TPSA) is 43.7 Å². The summed E-state index contributed by atoms with van der Waals surface area (Å²) in [5, 5.41) is 19.3. The Kier molecular flexibility index (Phi) is 4.52. The number of thioether (sulfide) groups is 1. The van der Waals surface area contributed by atoms with Gasteiger partial charge in [-0.1, -0.05) is 13.8 Å². The van der Waals surface area contributed by atoms with Gasteiger partial charge in [0.2, 0.25) is 0 Å². The van der Waals surface area contributed by atoms with Crippen molar-refractivity contribution in [3.63, 3.8) is 0 Å². The normalized spacial score (nSPS) is 33.2. The molecular weight excluding hydrogens is 186 g/mol. The zero-order valence-electron chi connectivity index (χ0n) is 8.31. The van der Waals surface area contributed by atoms with Crippen molar-refractivity contribution in [2.75, 3.05) is 26.2 Å². The summed E-state index contributed by atoms with van der Waals surface area (Å²) in [4.78, 5) is 2.23. The summed E-state index contributed by atoms with van der Waals surface area (Å²) in [5.74, 6) is 0. The van der Waals surface area contributed by atoms with Crippen molar-refractivity contribution in [3.8, 4) is 0 Å². The summed E-state index contributed by atoms with van der Waals surface area (Å²) in [6, 6.07) is 0. The number of hydrogen-bond acceptors (Lipinski definition) is 4. The molecule has 0 aromatic heterocycles. The van der Waals surface area contributed by atoms with E-state index in [4.69, 9.17) is 5.11 Å². The van der Waals surface area contributed by atoms with Crippen LogP contribution in [0.1, 0.15) is 13.8 Å². The highest BCUT2D eigenvalue weighted by atomic mass is 32.2. The van der Waals surface area contributed by atoms with E-state index in [1.165, 1.54) is 0 Å². The third-order valence-corrected chi connectivity index (χ3v) is 3.40. The maximum Gasteiger partial charge on any atom is 0.0897 e. The fourth-order valence-electron chi connectivity index (χ4n) is 1.79. The summed E-state index contributed by atoms with van der Waals surface area (Å²) >= 11 is 1.99. The molecule has 1 rings (SSSR count). The molecule has 78 valence electrons. The first kappa shape index (κ1) is 11.3. The van der Waals surface area contributed by atoms with E-state index < -0.39 is 6.10 Å². The van der Waals surface area contributed by atoms with Crippen molar-refractivity contribution in [1.29, 1.82) is 0 Å².